The van der Waals surface area contributed by atoms with E-state index in [1.165, 1.54) is 16.7 Å². The highest BCUT2D eigenvalue weighted by Crippen LogP contribution is 2.35. The van der Waals surface area contributed by atoms with Crippen molar-refractivity contribution >= 4 is 11.7 Å². The smallest absolute Gasteiger partial charge is 0.322 e. The lowest BCUT2D eigenvalue weighted by atomic mass is 9.94. The number of rotatable bonds is 3. The van der Waals surface area contributed by atoms with E-state index >= 15 is 0 Å². The molecule has 0 spiro atoms. The number of para-hydroxylation sites is 1. The normalized spacial score (nSPS) is 16.0. The molecular formula is C24H27N3O. The molecule has 1 atom stereocenters. The maximum atomic E-state index is 13.3. The van der Waals surface area contributed by atoms with Crippen LogP contribution >= 0.6 is 0 Å². The lowest BCUT2D eigenvalue weighted by Crippen LogP contribution is -2.44. The summed E-state index contributed by atoms with van der Waals surface area (Å²) in [5.74, 6) is 0. The summed E-state index contributed by atoms with van der Waals surface area (Å²) in [4.78, 5) is 15.3. The predicted molar refractivity (Wildman–Crippen MR) is 114 cm³/mol. The minimum Gasteiger partial charge on any atom is -0.348 e. The number of aryl methyl sites for hydroxylation is 3. The highest BCUT2D eigenvalue weighted by Gasteiger charge is 2.33. The second kappa shape index (κ2) is 7.55. The van der Waals surface area contributed by atoms with Crippen LogP contribution in [0.15, 0.2) is 60.8 Å². The van der Waals surface area contributed by atoms with Gasteiger partial charge in [-0.2, -0.15) is 0 Å². The SMILES string of the molecule is CCc1ccccc1NC(=O)N1CCn2cccc2[C@@H]1c1ccc(C)cc1C. The number of carbonyl (C=O) groups is 1. The molecular weight excluding hydrogens is 346 g/mol. The molecule has 2 aromatic carbocycles. The van der Waals surface area contributed by atoms with E-state index in [-0.39, 0.29) is 12.1 Å². The maximum absolute atomic E-state index is 13.3. The topological polar surface area (TPSA) is 37.3 Å². The number of urea groups is 1. The van der Waals surface area contributed by atoms with Gasteiger partial charge in [0, 0.05) is 30.7 Å². The Morgan fingerprint density at radius 1 is 1.07 bits per heavy atom. The number of nitrogens with zero attached hydrogens (tertiary/aromatic N) is 2. The molecule has 4 rings (SSSR count). The Balaban J connectivity index is 1.71. The second-order valence-corrected chi connectivity index (χ2v) is 7.52. The van der Waals surface area contributed by atoms with Gasteiger partial charge in [-0.05, 0) is 55.2 Å². The number of hydrogen-bond acceptors (Lipinski definition) is 1. The van der Waals surface area contributed by atoms with E-state index in [1.807, 2.05) is 23.1 Å². The van der Waals surface area contributed by atoms with E-state index in [4.69, 9.17) is 0 Å². The molecule has 4 heteroatoms. The third kappa shape index (κ3) is 3.31. The monoisotopic (exact) mass is 373 g/mol. The standard InChI is InChI=1S/C24H27N3O/c1-4-19-8-5-6-9-21(19)25-24(28)27-15-14-26-13-7-10-22(26)23(27)20-12-11-17(2)16-18(20)3/h5-13,16,23H,4,14-15H2,1-3H3,(H,25,28)/t23-/m0/s1. The summed E-state index contributed by atoms with van der Waals surface area (Å²) in [6, 6.07) is 18.6. The number of anilines is 1. The number of carbonyl (C=O) groups excluding carboxylic acids is 1. The fourth-order valence-corrected chi connectivity index (χ4v) is 4.20. The number of benzene rings is 2. The summed E-state index contributed by atoms with van der Waals surface area (Å²) in [5, 5.41) is 3.16. The van der Waals surface area contributed by atoms with Crippen LogP contribution in [0.2, 0.25) is 0 Å². The van der Waals surface area contributed by atoms with Gasteiger partial charge >= 0.3 is 6.03 Å². The third-order valence-corrected chi connectivity index (χ3v) is 5.66. The van der Waals surface area contributed by atoms with Crippen molar-refractivity contribution in [3.8, 4) is 0 Å². The first-order chi connectivity index (χ1) is 13.6. The fraction of sp³-hybridized carbons (Fsp3) is 0.292. The Morgan fingerprint density at radius 3 is 2.68 bits per heavy atom. The van der Waals surface area contributed by atoms with Gasteiger partial charge in [0.1, 0.15) is 0 Å². The number of amides is 2. The highest BCUT2D eigenvalue weighted by atomic mass is 16.2. The molecule has 0 unspecified atom stereocenters. The first kappa shape index (κ1) is 18.4. The van der Waals surface area contributed by atoms with Crippen LogP contribution < -0.4 is 5.32 Å². The maximum Gasteiger partial charge on any atom is 0.322 e. The molecule has 1 N–H and O–H groups in total. The van der Waals surface area contributed by atoms with Crippen LogP contribution in [0.4, 0.5) is 10.5 Å². The Labute approximate surface area is 166 Å². The van der Waals surface area contributed by atoms with Gasteiger partial charge in [0.05, 0.1) is 6.04 Å². The zero-order chi connectivity index (χ0) is 19.7. The molecule has 0 radical (unpaired) electrons. The summed E-state index contributed by atoms with van der Waals surface area (Å²) in [6.07, 6.45) is 2.99. The molecule has 1 aromatic heterocycles. The second-order valence-electron chi connectivity index (χ2n) is 7.52. The molecule has 4 nitrogen and oxygen atoms in total. The van der Waals surface area contributed by atoms with Crippen LogP contribution in [-0.4, -0.2) is 22.0 Å². The summed E-state index contributed by atoms with van der Waals surface area (Å²) >= 11 is 0. The zero-order valence-electron chi connectivity index (χ0n) is 16.8. The van der Waals surface area contributed by atoms with Crippen molar-refractivity contribution in [3.05, 3.63) is 88.7 Å². The van der Waals surface area contributed by atoms with Crippen molar-refractivity contribution in [3.63, 3.8) is 0 Å². The van der Waals surface area contributed by atoms with Crippen LogP contribution in [0.5, 0.6) is 0 Å². The molecule has 0 saturated carbocycles. The lowest BCUT2D eigenvalue weighted by molar-refractivity contribution is 0.181. The van der Waals surface area contributed by atoms with E-state index < -0.39 is 0 Å². The summed E-state index contributed by atoms with van der Waals surface area (Å²) in [7, 11) is 0. The molecule has 1 aliphatic heterocycles. The Kier molecular flexibility index (Phi) is 4.95. The number of fused-ring (bicyclic) bond motifs is 1. The molecule has 28 heavy (non-hydrogen) atoms. The summed E-state index contributed by atoms with van der Waals surface area (Å²) < 4.78 is 2.26. The van der Waals surface area contributed by atoms with E-state index in [0.29, 0.717) is 6.54 Å². The van der Waals surface area contributed by atoms with Crippen molar-refractivity contribution in [2.45, 2.75) is 39.8 Å². The molecule has 144 valence electrons. The number of nitrogens with one attached hydrogen (secondary N) is 1. The number of hydrogen-bond donors (Lipinski definition) is 1. The van der Waals surface area contributed by atoms with Crippen molar-refractivity contribution in [2.24, 2.45) is 0 Å². The average Bonchev–Trinajstić information content (AvgIpc) is 3.17. The quantitative estimate of drug-likeness (QED) is 0.664. The largest absolute Gasteiger partial charge is 0.348 e. The minimum atomic E-state index is -0.0851. The molecule has 0 aliphatic carbocycles. The van der Waals surface area contributed by atoms with Crippen LogP contribution in [0, 0.1) is 13.8 Å². The van der Waals surface area contributed by atoms with E-state index in [1.54, 1.807) is 0 Å². The summed E-state index contributed by atoms with van der Waals surface area (Å²) in [6.45, 7) is 7.84. The van der Waals surface area contributed by atoms with Gasteiger partial charge in [-0.1, -0.05) is 48.9 Å². The van der Waals surface area contributed by atoms with Gasteiger partial charge in [-0.25, -0.2) is 4.79 Å². The summed E-state index contributed by atoms with van der Waals surface area (Å²) in [5.41, 5.74) is 6.85. The van der Waals surface area contributed by atoms with Crippen LogP contribution in [-0.2, 0) is 13.0 Å². The molecule has 2 heterocycles. The van der Waals surface area contributed by atoms with Crippen molar-refractivity contribution in [2.75, 3.05) is 11.9 Å². The highest BCUT2D eigenvalue weighted by molar-refractivity contribution is 5.90. The van der Waals surface area contributed by atoms with Crippen LogP contribution in [0.3, 0.4) is 0 Å². The van der Waals surface area contributed by atoms with Crippen molar-refractivity contribution in [1.29, 1.82) is 0 Å². The first-order valence-electron chi connectivity index (χ1n) is 9.96. The van der Waals surface area contributed by atoms with E-state index in [0.717, 1.165) is 29.9 Å². The van der Waals surface area contributed by atoms with Crippen molar-refractivity contribution < 1.29 is 4.79 Å². The van der Waals surface area contributed by atoms with Gasteiger partial charge in [0.25, 0.3) is 0 Å². The average molecular weight is 374 g/mol. The lowest BCUT2D eigenvalue weighted by Gasteiger charge is -2.38. The van der Waals surface area contributed by atoms with Gasteiger partial charge in [-0.15, -0.1) is 0 Å². The van der Waals surface area contributed by atoms with E-state index in [2.05, 4.69) is 73.3 Å². The van der Waals surface area contributed by atoms with Gasteiger partial charge in [-0.3, -0.25) is 0 Å². The number of aromatic nitrogens is 1. The molecule has 0 fully saturated rings. The van der Waals surface area contributed by atoms with Gasteiger partial charge in [0.15, 0.2) is 0 Å². The van der Waals surface area contributed by atoms with Crippen LogP contribution in [0.25, 0.3) is 0 Å². The molecule has 0 bridgehead atoms. The fourth-order valence-electron chi connectivity index (χ4n) is 4.20. The van der Waals surface area contributed by atoms with Crippen molar-refractivity contribution in [1.82, 2.24) is 9.47 Å². The third-order valence-electron chi connectivity index (χ3n) is 5.66. The Hall–Kier alpha value is -3.01. The molecule has 2 amide bonds. The molecule has 3 aromatic rings. The predicted octanol–water partition coefficient (Wildman–Crippen LogP) is 5.30. The minimum absolute atomic E-state index is 0.0432. The molecule has 0 saturated heterocycles. The molecule has 1 aliphatic rings. The first-order valence-corrected chi connectivity index (χ1v) is 9.96. The zero-order valence-corrected chi connectivity index (χ0v) is 16.8. The van der Waals surface area contributed by atoms with Gasteiger partial charge in [0.2, 0.25) is 0 Å². The van der Waals surface area contributed by atoms with Gasteiger partial charge < -0.3 is 14.8 Å². The Morgan fingerprint density at radius 2 is 1.89 bits per heavy atom. The van der Waals surface area contributed by atoms with E-state index in [9.17, 15) is 4.79 Å². The Bertz CT molecular complexity index is 1000. The van der Waals surface area contributed by atoms with Crippen LogP contribution in [0.1, 0.15) is 40.9 Å².